The lowest BCUT2D eigenvalue weighted by Gasteiger charge is -2.01. The van der Waals surface area contributed by atoms with Crippen LogP contribution in [0.2, 0.25) is 0 Å². The molecule has 1 unspecified atom stereocenters. The summed E-state index contributed by atoms with van der Waals surface area (Å²) in [5, 5.41) is 0. The van der Waals surface area contributed by atoms with Crippen LogP contribution in [0.4, 0.5) is 0 Å². The van der Waals surface area contributed by atoms with Gasteiger partial charge in [0, 0.05) is 0 Å². The van der Waals surface area contributed by atoms with E-state index in [1.54, 1.807) is 0 Å². The van der Waals surface area contributed by atoms with Gasteiger partial charge in [0.2, 0.25) is 6.29 Å². The van der Waals surface area contributed by atoms with Crippen molar-refractivity contribution < 1.29 is 14.5 Å². The van der Waals surface area contributed by atoms with Gasteiger partial charge >= 0.3 is 0 Å². The highest BCUT2D eigenvalue weighted by Crippen LogP contribution is 2.11. The zero-order chi connectivity index (χ0) is 5.98. The third-order valence-corrected chi connectivity index (χ3v) is 0.825. The Labute approximate surface area is 47.8 Å². The molecule has 0 aromatic heterocycles. The molecule has 0 aromatic rings. The summed E-state index contributed by atoms with van der Waals surface area (Å²) in [6.07, 6.45) is -0.352. The molecule has 3 heteroatoms. The lowest BCUT2D eigenvalue weighted by Crippen LogP contribution is -2.06. The maximum absolute atomic E-state index is 4.87. The maximum atomic E-state index is 4.87. The van der Waals surface area contributed by atoms with Crippen molar-refractivity contribution in [2.45, 2.75) is 13.2 Å². The van der Waals surface area contributed by atoms with Gasteiger partial charge in [-0.1, -0.05) is 6.58 Å². The van der Waals surface area contributed by atoms with E-state index in [2.05, 4.69) is 16.4 Å². The van der Waals surface area contributed by atoms with E-state index in [0.29, 0.717) is 0 Å². The Balaban J connectivity index is 2.35. The van der Waals surface area contributed by atoms with Gasteiger partial charge in [0.1, 0.15) is 0 Å². The quantitative estimate of drug-likeness (QED) is 0.375. The molecule has 46 valence electrons. The van der Waals surface area contributed by atoms with Gasteiger partial charge in [0.15, 0.2) is 6.79 Å². The standard InChI is InChI=1S/C5H8O3/c1-4(2)5-6-3-7-8-5/h5H,1,3H2,2H3. The molecule has 1 rings (SSSR count). The number of hydrogen-bond donors (Lipinski definition) is 0. The predicted octanol–water partition coefficient (Wildman–Crippen LogP) is 0.825. The first-order valence-electron chi connectivity index (χ1n) is 2.36. The second kappa shape index (κ2) is 2.26. The Hall–Kier alpha value is -0.380. The second-order valence-electron chi connectivity index (χ2n) is 1.68. The monoisotopic (exact) mass is 116 g/mol. The average molecular weight is 116 g/mol. The highest BCUT2D eigenvalue weighted by molar-refractivity contribution is 4.92. The summed E-state index contributed by atoms with van der Waals surface area (Å²) in [6.45, 7) is 5.63. The molecule has 1 fully saturated rings. The molecular formula is C5H8O3. The third-order valence-electron chi connectivity index (χ3n) is 0.825. The highest BCUT2D eigenvalue weighted by atomic mass is 17.3. The molecule has 1 atom stereocenters. The molecule has 1 aliphatic rings. The van der Waals surface area contributed by atoms with E-state index in [4.69, 9.17) is 4.74 Å². The molecule has 0 aliphatic carbocycles. The molecule has 1 aliphatic heterocycles. The van der Waals surface area contributed by atoms with Crippen molar-refractivity contribution in [1.29, 1.82) is 0 Å². The summed E-state index contributed by atoms with van der Waals surface area (Å²) < 4.78 is 4.87. The Morgan fingerprint density at radius 3 is 2.75 bits per heavy atom. The molecule has 0 saturated carbocycles. The van der Waals surface area contributed by atoms with Crippen molar-refractivity contribution >= 4 is 0 Å². The van der Waals surface area contributed by atoms with E-state index in [1.807, 2.05) is 6.92 Å². The lowest BCUT2D eigenvalue weighted by molar-refractivity contribution is -0.268. The fourth-order valence-corrected chi connectivity index (χ4v) is 0.431. The Morgan fingerprint density at radius 1 is 1.75 bits per heavy atom. The van der Waals surface area contributed by atoms with Crippen LogP contribution in [-0.4, -0.2) is 13.1 Å². The molecule has 0 aromatic carbocycles. The van der Waals surface area contributed by atoms with E-state index in [1.165, 1.54) is 0 Å². The Morgan fingerprint density at radius 2 is 2.50 bits per heavy atom. The van der Waals surface area contributed by atoms with Gasteiger partial charge in [-0.2, -0.15) is 4.89 Å². The number of hydrogen-bond acceptors (Lipinski definition) is 3. The molecular weight excluding hydrogens is 108 g/mol. The lowest BCUT2D eigenvalue weighted by atomic mass is 10.3. The second-order valence-corrected chi connectivity index (χ2v) is 1.68. The van der Waals surface area contributed by atoms with Gasteiger partial charge in [-0.05, 0) is 12.5 Å². The summed E-state index contributed by atoms with van der Waals surface area (Å²) in [4.78, 5) is 9.03. The van der Waals surface area contributed by atoms with Crippen LogP contribution in [0.1, 0.15) is 6.92 Å². The van der Waals surface area contributed by atoms with Crippen LogP contribution in [0, 0.1) is 0 Å². The van der Waals surface area contributed by atoms with Crippen molar-refractivity contribution in [3.8, 4) is 0 Å². The van der Waals surface area contributed by atoms with Gasteiger partial charge in [0.25, 0.3) is 0 Å². The summed E-state index contributed by atoms with van der Waals surface area (Å²) in [7, 11) is 0. The van der Waals surface area contributed by atoms with Crippen LogP contribution in [-0.2, 0) is 14.5 Å². The summed E-state index contributed by atoms with van der Waals surface area (Å²) in [5.74, 6) is 0. The topological polar surface area (TPSA) is 27.7 Å². The fourth-order valence-electron chi connectivity index (χ4n) is 0.431. The van der Waals surface area contributed by atoms with Crippen molar-refractivity contribution in [3.63, 3.8) is 0 Å². The van der Waals surface area contributed by atoms with Crippen molar-refractivity contribution in [3.05, 3.63) is 12.2 Å². The first-order valence-corrected chi connectivity index (χ1v) is 2.36. The van der Waals surface area contributed by atoms with Crippen LogP contribution < -0.4 is 0 Å². The van der Waals surface area contributed by atoms with Gasteiger partial charge in [-0.15, -0.1) is 0 Å². The first-order chi connectivity index (χ1) is 3.80. The van der Waals surface area contributed by atoms with Crippen LogP contribution in [0.5, 0.6) is 0 Å². The predicted molar refractivity (Wildman–Crippen MR) is 26.7 cm³/mol. The summed E-state index contributed by atoms with van der Waals surface area (Å²) >= 11 is 0. The molecule has 3 nitrogen and oxygen atoms in total. The van der Waals surface area contributed by atoms with Gasteiger partial charge in [-0.25, -0.2) is 4.89 Å². The van der Waals surface area contributed by atoms with Crippen molar-refractivity contribution in [2.24, 2.45) is 0 Å². The first kappa shape index (κ1) is 5.75. The third kappa shape index (κ3) is 1.06. The van der Waals surface area contributed by atoms with Crippen LogP contribution in [0.15, 0.2) is 12.2 Å². The summed E-state index contributed by atoms with van der Waals surface area (Å²) in [5.41, 5.74) is 0.822. The average Bonchev–Trinajstić information content (AvgIpc) is 2.12. The summed E-state index contributed by atoms with van der Waals surface area (Å²) in [6, 6.07) is 0. The molecule has 8 heavy (non-hydrogen) atoms. The number of rotatable bonds is 1. The zero-order valence-corrected chi connectivity index (χ0v) is 4.72. The fraction of sp³-hybridized carbons (Fsp3) is 0.600. The molecule has 0 N–H and O–H groups in total. The van der Waals surface area contributed by atoms with Crippen LogP contribution in [0.3, 0.4) is 0 Å². The van der Waals surface area contributed by atoms with Crippen molar-refractivity contribution in [2.75, 3.05) is 6.79 Å². The van der Waals surface area contributed by atoms with E-state index >= 15 is 0 Å². The minimum Gasteiger partial charge on any atom is -0.316 e. The molecule has 0 bridgehead atoms. The molecule has 0 spiro atoms. The normalized spacial score (nSPS) is 28.4. The zero-order valence-electron chi connectivity index (χ0n) is 4.72. The van der Waals surface area contributed by atoms with Crippen molar-refractivity contribution in [1.82, 2.24) is 0 Å². The SMILES string of the molecule is C=C(C)C1OCOO1. The molecule has 1 saturated heterocycles. The van der Waals surface area contributed by atoms with Gasteiger partial charge in [0.05, 0.1) is 0 Å². The maximum Gasteiger partial charge on any atom is 0.215 e. The minimum absolute atomic E-state index is 0.206. The molecule has 0 amide bonds. The van der Waals surface area contributed by atoms with E-state index < -0.39 is 0 Å². The van der Waals surface area contributed by atoms with E-state index in [-0.39, 0.29) is 13.1 Å². The Bertz CT molecular complexity index is 93.8. The van der Waals surface area contributed by atoms with Crippen LogP contribution in [0.25, 0.3) is 0 Å². The number of ether oxygens (including phenoxy) is 1. The van der Waals surface area contributed by atoms with E-state index in [0.717, 1.165) is 5.57 Å². The van der Waals surface area contributed by atoms with Crippen LogP contribution >= 0.6 is 0 Å². The smallest absolute Gasteiger partial charge is 0.215 e. The largest absolute Gasteiger partial charge is 0.316 e. The van der Waals surface area contributed by atoms with Gasteiger partial charge < -0.3 is 4.74 Å². The Kier molecular flexibility index (Phi) is 1.62. The molecule has 0 radical (unpaired) electrons. The molecule has 1 heterocycles. The van der Waals surface area contributed by atoms with Gasteiger partial charge in [-0.3, -0.25) is 0 Å². The van der Waals surface area contributed by atoms with E-state index in [9.17, 15) is 0 Å². The highest BCUT2D eigenvalue weighted by Gasteiger charge is 2.17. The minimum atomic E-state index is -0.352.